The third-order valence-corrected chi connectivity index (χ3v) is 1.72. The van der Waals surface area contributed by atoms with Gasteiger partial charge in [-0.1, -0.05) is 20.4 Å². The first kappa shape index (κ1) is 13.7. The van der Waals surface area contributed by atoms with Crippen LogP contribution >= 0.6 is 0 Å². The maximum Gasteiger partial charge on any atom is 0.124 e. The normalized spacial score (nSPS) is 9.00. The first-order valence-electron chi connectivity index (χ1n) is 5.21. The maximum atomic E-state index is 5.48. The van der Waals surface area contributed by atoms with Crippen LogP contribution in [0.15, 0.2) is 18.7 Å². The molecule has 0 saturated heterocycles. The SMILES string of the molecule is C=Cc1cc(C)cc(N)n1.CCNCC. The fraction of sp³-hybridized carbons (Fsp3) is 0.417. The predicted molar refractivity (Wildman–Crippen MR) is 67.7 cm³/mol. The van der Waals surface area contributed by atoms with E-state index >= 15 is 0 Å². The van der Waals surface area contributed by atoms with Crippen molar-refractivity contribution >= 4 is 11.9 Å². The first-order chi connectivity index (χ1) is 7.13. The summed E-state index contributed by atoms with van der Waals surface area (Å²) in [5, 5.41) is 3.11. The molecule has 0 aliphatic rings. The highest BCUT2D eigenvalue weighted by molar-refractivity contribution is 5.47. The molecule has 0 fully saturated rings. The Kier molecular flexibility index (Phi) is 7.28. The minimum absolute atomic E-state index is 0.551. The van der Waals surface area contributed by atoms with Gasteiger partial charge in [0.2, 0.25) is 0 Å². The zero-order chi connectivity index (χ0) is 11.7. The molecular weight excluding hydrogens is 186 g/mol. The van der Waals surface area contributed by atoms with Crippen LogP contribution in [0.5, 0.6) is 0 Å². The zero-order valence-corrected chi connectivity index (χ0v) is 9.88. The van der Waals surface area contributed by atoms with E-state index in [1.807, 2.05) is 19.1 Å². The molecule has 84 valence electrons. The molecule has 0 aliphatic heterocycles. The Bertz CT molecular complexity index is 273. The number of rotatable bonds is 3. The van der Waals surface area contributed by atoms with Gasteiger partial charge in [-0.3, -0.25) is 0 Å². The van der Waals surface area contributed by atoms with Crippen LogP contribution in [-0.4, -0.2) is 18.1 Å². The lowest BCUT2D eigenvalue weighted by Crippen LogP contribution is -2.09. The van der Waals surface area contributed by atoms with E-state index in [-0.39, 0.29) is 0 Å². The van der Waals surface area contributed by atoms with Crippen LogP contribution in [0.4, 0.5) is 5.82 Å². The summed E-state index contributed by atoms with van der Waals surface area (Å²) in [6, 6.07) is 3.76. The Morgan fingerprint density at radius 1 is 1.40 bits per heavy atom. The molecule has 3 heteroatoms. The van der Waals surface area contributed by atoms with Crippen LogP contribution in [0.1, 0.15) is 25.1 Å². The van der Waals surface area contributed by atoms with Crippen LogP contribution in [-0.2, 0) is 0 Å². The molecule has 0 saturated carbocycles. The van der Waals surface area contributed by atoms with E-state index in [4.69, 9.17) is 5.73 Å². The third-order valence-electron chi connectivity index (χ3n) is 1.72. The van der Waals surface area contributed by atoms with Crippen LogP contribution in [0, 0.1) is 6.92 Å². The molecule has 15 heavy (non-hydrogen) atoms. The fourth-order valence-electron chi connectivity index (χ4n) is 1.08. The second kappa shape index (κ2) is 8.00. The summed E-state index contributed by atoms with van der Waals surface area (Å²) in [6.07, 6.45) is 1.68. The number of nitrogens with zero attached hydrogens (tertiary/aromatic N) is 1. The number of nitrogens with one attached hydrogen (secondary N) is 1. The number of nitrogen functional groups attached to an aromatic ring is 1. The lowest BCUT2D eigenvalue weighted by molar-refractivity contribution is 0.762. The largest absolute Gasteiger partial charge is 0.384 e. The number of aryl methyl sites for hydroxylation is 1. The molecule has 0 amide bonds. The summed E-state index contributed by atoms with van der Waals surface area (Å²) in [4.78, 5) is 4.01. The molecule has 1 heterocycles. The number of aromatic nitrogens is 1. The monoisotopic (exact) mass is 207 g/mol. The van der Waals surface area contributed by atoms with E-state index in [2.05, 4.69) is 30.7 Å². The molecule has 3 nitrogen and oxygen atoms in total. The van der Waals surface area contributed by atoms with E-state index in [9.17, 15) is 0 Å². The van der Waals surface area contributed by atoms with Gasteiger partial charge in [-0.25, -0.2) is 4.98 Å². The number of hydrogen-bond acceptors (Lipinski definition) is 3. The highest BCUT2D eigenvalue weighted by Gasteiger charge is 1.91. The van der Waals surface area contributed by atoms with E-state index in [1.165, 1.54) is 0 Å². The Morgan fingerprint density at radius 3 is 2.33 bits per heavy atom. The standard InChI is InChI=1S/C8H10N2.C4H11N/c1-3-7-4-6(2)5-8(9)10-7;1-3-5-4-2/h3-5H,1H2,2H3,(H2,9,10);5H,3-4H2,1-2H3. The molecule has 1 rings (SSSR count). The smallest absolute Gasteiger partial charge is 0.124 e. The Labute approximate surface area is 92.4 Å². The topological polar surface area (TPSA) is 50.9 Å². The van der Waals surface area contributed by atoms with Gasteiger partial charge in [0.05, 0.1) is 5.69 Å². The Balaban J connectivity index is 0.000000336. The summed E-state index contributed by atoms with van der Waals surface area (Å²) >= 11 is 0. The number of anilines is 1. The highest BCUT2D eigenvalue weighted by Crippen LogP contribution is 2.06. The number of hydrogen-bond donors (Lipinski definition) is 2. The molecule has 0 spiro atoms. The summed E-state index contributed by atoms with van der Waals surface area (Å²) in [6.45, 7) is 12.0. The lowest BCUT2D eigenvalue weighted by Gasteiger charge is -1.96. The lowest BCUT2D eigenvalue weighted by atomic mass is 10.2. The predicted octanol–water partition coefficient (Wildman–Crippen LogP) is 2.23. The zero-order valence-electron chi connectivity index (χ0n) is 9.88. The first-order valence-corrected chi connectivity index (χ1v) is 5.21. The molecule has 0 unspecified atom stereocenters. The molecule has 0 aliphatic carbocycles. The average molecular weight is 207 g/mol. The second-order valence-corrected chi connectivity index (χ2v) is 3.16. The molecule has 1 aromatic heterocycles. The maximum absolute atomic E-state index is 5.48. The van der Waals surface area contributed by atoms with Gasteiger partial charge in [0.15, 0.2) is 0 Å². The van der Waals surface area contributed by atoms with Gasteiger partial charge in [0.1, 0.15) is 5.82 Å². The van der Waals surface area contributed by atoms with Gasteiger partial charge < -0.3 is 11.1 Å². The van der Waals surface area contributed by atoms with Gasteiger partial charge in [-0.05, 0) is 43.8 Å². The molecule has 0 bridgehead atoms. The molecule has 0 radical (unpaired) electrons. The second-order valence-electron chi connectivity index (χ2n) is 3.16. The van der Waals surface area contributed by atoms with Gasteiger partial charge in [-0.15, -0.1) is 0 Å². The molecular formula is C12H21N3. The Hall–Kier alpha value is -1.35. The van der Waals surface area contributed by atoms with E-state index < -0.39 is 0 Å². The minimum atomic E-state index is 0.551. The van der Waals surface area contributed by atoms with Crippen LogP contribution in [0.3, 0.4) is 0 Å². The van der Waals surface area contributed by atoms with Crippen molar-refractivity contribution in [1.82, 2.24) is 10.3 Å². The minimum Gasteiger partial charge on any atom is -0.384 e. The summed E-state index contributed by atoms with van der Waals surface area (Å²) < 4.78 is 0. The quantitative estimate of drug-likeness (QED) is 0.799. The van der Waals surface area contributed by atoms with E-state index in [1.54, 1.807) is 6.08 Å². The van der Waals surface area contributed by atoms with Crippen molar-refractivity contribution in [3.63, 3.8) is 0 Å². The van der Waals surface area contributed by atoms with Crippen molar-refractivity contribution in [3.8, 4) is 0 Å². The van der Waals surface area contributed by atoms with Crippen molar-refractivity contribution in [2.45, 2.75) is 20.8 Å². The fourth-order valence-corrected chi connectivity index (χ4v) is 1.08. The van der Waals surface area contributed by atoms with Crippen LogP contribution in [0.2, 0.25) is 0 Å². The summed E-state index contributed by atoms with van der Waals surface area (Å²) in [5.41, 5.74) is 7.42. The van der Waals surface area contributed by atoms with Crippen LogP contribution < -0.4 is 11.1 Å². The molecule has 3 N–H and O–H groups in total. The average Bonchev–Trinajstić information content (AvgIpc) is 2.18. The van der Waals surface area contributed by atoms with Gasteiger partial charge in [0.25, 0.3) is 0 Å². The Morgan fingerprint density at radius 2 is 2.00 bits per heavy atom. The highest BCUT2D eigenvalue weighted by atomic mass is 14.8. The van der Waals surface area contributed by atoms with E-state index in [0.717, 1.165) is 24.3 Å². The van der Waals surface area contributed by atoms with Crippen LogP contribution in [0.25, 0.3) is 6.08 Å². The molecule has 0 atom stereocenters. The number of nitrogens with two attached hydrogens (primary N) is 1. The van der Waals surface area contributed by atoms with Crippen molar-refractivity contribution in [1.29, 1.82) is 0 Å². The van der Waals surface area contributed by atoms with Crippen molar-refractivity contribution in [2.24, 2.45) is 0 Å². The molecule has 1 aromatic rings. The summed E-state index contributed by atoms with van der Waals surface area (Å²) in [5.74, 6) is 0.551. The van der Waals surface area contributed by atoms with Gasteiger partial charge in [-0.2, -0.15) is 0 Å². The summed E-state index contributed by atoms with van der Waals surface area (Å²) in [7, 11) is 0. The van der Waals surface area contributed by atoms with Crippen molar-refractivity contribution in [3.05, 3.63) is 30.0 Å². The van der Waals surface area contributed by atoms with E-state index in [0.29, 0.717) is 5.82 Å². The van der Waals surface area contributed by atoms with Crippen molar-refractivity contribution < 1.29 is 0 Å². The van der Waals surface area contributed by atoms with Gasteiger partial charge in [0, 0.05) is 0 Å². The van der Waals surface area contributed by atoms with Gasteiger partial charge >= 0.3 is 0 Å². The number of pyridine rings is 1. The third kappa shape index (κ3) is 6.69. The molecule has 0 aromatic carbocycles. The van der Waals surface area contributed by atoms with Crippen molar-refractivity contribution in [2.75, 3.05) is 18.8 Å².